The van der Waals surface area contributed by atoms with Gasteiger partial charge in [0, 0.05) is 6.42 Å². The van der Waals surface area contributed by atoms with E-state index in [4.69, 9.17) is 10.5 Å². The van der Waals surface area contributed by atoms with Crippen LogP contribution in [0, 0.1) is 0 Å². The van der Waals surface area contributed by atoms with E-state index in [1.54, 1.807) is 0 Å². The second-order valence-corrected chi connectivity index (χ2v) is 2.98. The first kappa shape index (κ1) is 5.65. The number of rotatable bonds is 0. The second-order valence-electron chi connectivity index (χ2n) is 2.98. The smallest absolute Gasteiger partial charge is 0.143 e. The van der Waals surface area contributed by atoms with Crippen molar-refractivity contribution in [3.63, 3.8) is 0 Å². The molecule has 3 N–H and O–H groups in total. The van der Waals surface area contributed by atoms with Gasteiger partial charge in [-0.25, -0.2) is 0 Å². The molecule has 0 aromatic rings. The molecular formula is C6H11NO2. The van der Waals surface area contributed by atoms with Crippen LogP contribution in [0.2, 0.25) is 0 Å². The Morgan fingerprint density at radius 3 is 2.67 bits per heavy atom. The number of hydrogen-bond acceptors (Lipinski definition) is 3. The summed E-state index contributed by atoms with van der Waals surface area (Å²) in [7, 11) is 0. The molecule has 3 nitrogen and oxygen atoms in total. The molecule has 2 aliphatic heterocycles. The molecule has 2 rings (SSSR count). The predicted octanol–water partition coefficient (Wildman–Crippen LogP) is -0.415. The molecule has 9 heavy (non-hydrogen) atoms. The van der Waals surface area contributed by atoms with E-state index in [-0.39, 0.29) is 6.10 Å². The zero-order valence-corrected chi connectivity index (χ0v) is 5.21. The third-order valence-corrected chi connectivity index (χ3v) is 2.29. The van der Waals surface area contributed by atoms with Gasteiger partial charge in [-0.1, -0.05) is 0 Å². The minimum Gasteiger partial charge on any atom is -0.389 e. The molecule has 0 saturated carbocycles. The van der Waals surface area contributed by atoms with Gasteiger partial charge in [0.1, 0.15) is 5.72 Å². The molecule has 0 radical (unpaired) electrons. The minimum atomic E-state index is -0.676. The van der Waals surface area contributed by atoms with Gasteiger partial charge in [-0.2, -0.15) is 0 Å². The molecule has 2 saturated heterocycles. The van der Waals surface area contributed by atoms with Crippen molar-refractivity contribution in [1.82, 2.24) is 0 Å². The van der Waals surface area contributed by atoms with Gasteiger partial charge >= 0.3 is 0 Å². The highest BCUT2D eigenvalue weighted by molar-refractivity contribution is 4.98. The first-order valence-electron chi connectivity index (χ1n) is 3.35. The minimum absolute atomic E-state index is 0.241. The zero-order valence-electron chi connectivity index (χ0n) is 5.21. The lowest BCUT2D eigenvalue weighted by Gasteiger charge is -2.23. The van der Waals surface area contributed by atoms with E-state index in [1.165, 1.54) is 0 Å². The molecule has 52 valence electrons. The highest BCUT2D eigenvalue weighted by atomic mass is 16.6. The first-order chi connectivity index (χ1) is 4.21. The van der Waals surface area contributed by atoms with Crippen LogP contribution in [0.25, 0.3) is 0 Å². The summed E-state index contributed by atoms with van der Waals surface area (Å²) < 4.78 is 5.30. The molecular weight excluding hydrogens is 118 g/mol. The fourth-order valence-corrected chi connectivity index (χ4v) is 1.67. The van der Waals surface area contributed by atoms with E-state index < -0.39 is 11.8 Å². The van der Waals surface area contributed by atoms with Crippen LogP contribution in [-0.4, -0.2) is 23.0 Å². The molecule has 3 heteroatoms. The van der Waals surface area contributed by atoms with Crippen molar-refractivity contribution in [3.8, 4) is 0 Å². The number of hydrogen-bond donors (Lipinski definition) is 2. The topological polar surface area (TPSA) is 55.5 Å². The Kier molecular flexibility index (Phi) is 0.928. The molecule has 2 heterocycles. The van der Waals surface area contributed by atoms with Crippen molar-refractivity contribution < 1.29 is 9.84 Å². The van der Waals surface area contributed by atoms with E-state index in [9.17, 15) is 5.11 Å². The summed E-state index contributed by atoms with van der Waals surface area (Å²) in [6.07, 6.45) is 2.39. The average molecular weight is 129 g/mol. The van der Waals surface area contributed by atoms with Gasteiger partial charge in [0.05, 0.1) is 12.2 Å². The van der Waals surface area contributed by atoms with Crippen LogP contribution in [0.1, 0.15) is 19.3 Å². The third-order valence-electron chi connectivity index (χ3n) is 2.29. The van der Waals surface area contributed by atoms with Gasteiger partial charge in [0.15, 0.2) is 0 Å². The second kappa shape index (κ2) is 1.48. The number of nitrogens with two attached hydrogens (primary N) is 1. The maximum Gasteiger partial charge on any atom is 0.143 e. The van der Waals surface area contributed by atoms with Crippen LogP contribution in [0.3, 0.4) is 0 Å². The Morgan fingerprint density at radius 2 is 2.44 bits per heavy atom. The summed E-state index contributed by atoms with van der Waals surface area (Å²) in [5.41, 5.74) is 5.00. The van der Waals surface area contributed by atoms with Crippen LogP contribution in [-0.2, 0) is 4.74 Å². The Balaban J connectivity index is 2.22. The van der Waals surface area contributed by atoms with Crippen molar-refractivity contribution in [2.45, 2.75) is 37.2 Å². The SMILES string of the molecule is NC12CCC(CC1O)O2. The van der Waals surface area contributed by atoms with Gasteiger partial charge in [0.2, 0.25) is 0 Å². The number of aliphatic hydroxyl groups is 1. The van der Waals surface area contributed by atoms with Crippen LogP contribution in [0.15, 0.2) is 0 Å². The highest BCUT2D eigenvalue weighted by Crippen LogP contribution is 2.39. The van der Waals surface area contributed by atoms with Crippen molar-refractivity contribution >= 4 is 0 Å². The lowest BCUT2D eigenvalue weighted by atomic mass is 9.93. The predicted molar refractivity (Wildman–Crippen MR) is 31.6 cm³/mol. The number of aliphatic hydroxyl groups excluding tert-OH is 1. The molecule has 0 amide bonds. The highest BCUT2D eigenvalue weighted by Gasteiger charge is 2.50. The summed E-state index contributed by atoms with van der Waals surface area (Å²) in [6, 6.07) is 0. The van der Waals surface area contributed by atoms with E-state index in [0.717, 1.165) is 19.3 Å². The lowest BCUT2D eigenvalue weighted by molar-refractivity contribution is -0.0394. The van der Waals surface area contributed by atoms with E-state index in [0.29, 0.717) is 0 Å². The lowest BCUT2D eigenvalue weighted by Crippen LogP contribution is -2.47. The van der Waals surface area contributed by atoms with Crippen LogP contribution in [0.5, 0.6) is 0 Å². The molecule has 2 bridgehead atoms. The summed E-state index contributed by atoms with van der Waals surface area (Å²) in [5.74, 6) is 0. The van der Waals surface area contributed by atoms with Crippen LogP contribution in [0.4, 0.5) is 0 Å². The van der Waals surface area contributed by atoms with Gasteiger partial charge in [-0.3, -0.25) is 0 Å². The van der Waals surface area contributed by atoms with E-state index in [2.05, 4.69) is 0 Å². The maximum atomic E-state index is 9.23. The van der Waals surface area contributed by atoms with E-state index >= 15 is 0 Å². The fraction of sp³-hybridized carbons (Fsp3) is 1.00. The van der Waals surface area contributed by atoms with Crippen LogP contribution < -0.4 is 5.73 Å². The Morgan fingerprint density at radius 1 is 1.67 bits per heavy atom. The first-order valence-corrected chi connectivity index (χ1v) is 3.35. The van der Waals surface area contributed by atoms with Crippen molar-refractivity contribution in [1.29, 1.82) is 0 Å². The van der Waals surface area contributed by atoms with Crippen molar-refractivity contribution in [2.75, 3.05) is 0 Å². The quantitative estimate of drug-likeness (QED) is 0.467. The molecule has 3 atom stereocenters. The normalized spacial score (nSPS) is 56.7. The molecule has 0 aliphatic carbocycles. The monoisotopic (exact) mass is 129 g/mol. The zero-order chi connectivity index (χ0) is 6.48. The molecule has 0 aromatic carbocycles. The van der Waals surface area contributed by atoms with Gasteiger partial charge in [-0.05, 0) is 12.8 Å². The Hall–Kier alpha value is -0.120. The van der Waals surface area contributed by atoms with E-state index in [1.807, 2.05) is 0 Å². The number of fused-ring (bicyclic) bond motifs is 2. The average Bonchev–Trinajstić information content (AvgIpc) is 2.22. The molecule has 0 aromatic heterocycles. The van der Waals surface area contributed by atoms with Crippen molar-refractivity contribution in [2.24, 2.45) is 5.73 Å². The molecule has 2 fully saturated rings. The molecule has 2 aliphatic rings. The molecule has 3 unspecified atom stereocenters. The Bertz CT molecular complexity index is 139. The summed E-state index contributed by atoms with van der Waals surface area (Å²) in [5, 5.41) is 9.23. The Labute approximate surface area is 53.8 Å². The van der Waals surface area contributed by atoms with Crippen LogP contribution >= 0.6 is 0 Å². The van der Waals surface area contributed by atoms with Gasteiger partial charge in [-0.15, -0.1) is 0 Å². The van der Waals surface area contributed by atoms with Gasteiger partial charge in [0.25, 0.3) is 0 Å². The largest absolute Gasteiger partial charge is 0.389 e. The number of ether oxygens (including phenoxy) is 1. The third kappa shape index (κ3) is 0.625. The maximum absolute atomic E-state index is 9.23. The summed E-state index contributed by atoms with van der Waals surface area (Å²) in [4.78, 5) is 0. The fourth-order valence-electron chi connectivity index (χ4n) is 1.67. The van der Waals surface area contributed by atoms with Gasteiger partial charge < -0.3 is 15.6 Å². The standard InChI is InChI=1S/C6H11NO2/c7-6-2-1-4(9-6)3-5(6)8/h4-5,8H,1-3,7H2. The summed E-state index contributed by atoms with van der Waals surface area (Å²) >= 11 is 0. The van der Waals surface area contributed by atoms with Crippen molar-refractivity contribution in [3.05, 3.63) is 0 Å². The summed E-state index contributed by atoms with van der Waals surface area (Å²) in [6.45, 7) is 0. The molecule has 0 spiro atoms.